The maximum atomic E-state index is 13.2. The van der Waals surface area contributed by atoms with Crippen molar-refractivity contribution in [1.29, 1.82) is 0 Å². The molecular formula is C26H34N2O8S. The zero-order valence-corrected chi connectivity index (χ0v) is 21.5. The number of amides is 1. The van der Waals surface area contributed by atoms with Gasteiger partial charge in [0.2, 0.25) is 0 Å². The Kier molecular flexibility index (Phi) is 10.5. The van der Waals surface area contributed by atoms with Gasteiger partial charge in [-0.2, -0.15) is 11.8 Å². The van der Waals surface area contributed by atoms with Gasteiger partial charge in [0.05, 0.1) is 12.6 Å². The third kappa shape index (κ3) is 7.08. The molecule has 37 heavy (non-hydrogen) atoms. The maximum Gasteiger partial charge on any atom is 0.326 e. The van der Waals surface area contributed by atoms with Gasteiger partial charge in [-0.15, -0.1) is 0 Å². The van der Waals surface area contributed by atoms with Crippen molar-refractivity contribution in [2.24, 2.45) is 0 Å². The van der Waals surface area contributed by atoms with E-state index in [0.717, 1.165) is 11.1 Å². The number of thioether (sulfide) groups is 1. The number of carboxylic acids is 1. The monoisotopic (exact) mass is 534 g/mol. The second-order valence-corrected chi connectivity index (χ2v) is 9.96. The molecule has 0 spiro atoms. The van der Waals surface area contributed by atoms with Crippen LogP contribution in [-0.2, 0) is 16.1 Å². The van der Waals surface area contributed by atoms with Crippen molar-refractivity contribution in [1.82, 2.24) is 10.6 Å². The van der Waals surface area contributed by atoms with Gasteiger partial charge in [0.1, 0.15) is 24.4 Å². The second-order valence-electron chi connectivity index (χ2n) is 8.98. The number of aryl methyl sites for hydroxylation is 1. The molecule has 2 aromatic carbocycles. The van der Waals surface area contributed by atoms with Crippen molar-refractivity contribution in [3.05, 3.63) is 59.2 Å². The molecule has 2 aromatic rings. The minimum absolute atomic E-state index is 0.158. The number of benzene rings is 2. The van der Waals surface area contributed by atoms with Crippen LogP contribution in [0.2, 0.25) is 0 Å². The summed E-state index contributed by atoms with van der Waals surface area (Å²) in [6.07, 6.45) is -3.15. The highest BCUT2D eigenvalue weighted by atomic mass is 32.2. The van der Waals surface area contributed by atoms with Crippen molar-refractivity contribution < 1.29 is 39.9 Å². The number of hydrogen-bond acceptors (Lipinski definition) is 9. The van der Waals surface area contributed by atoms with Crippen LogP contribution < -0.4 is 10.6 Å². The number of carbonyl (C=O) groups is 2. The molecule has 0 radical (unpaired) electrons. The predicted octanol–water partition coefficient (Wildman–Crippen LogP) is 0.488. The zero-order chi connectivity index (χ0) is 27.1. The molecule has 202 valence electrons. The first-order chi connectivity index (χ1) is 17.7. The number of hydrogen-bond donors (Lipinski definition) is 7. The minimum Gasteiger partial charge on any atom is -0.480 e. The number of nitrogens with one attached hydrogen (secondary N) is 2. The highest BCUT2D eigenvalue weighted by Gasteiger charge is 2.43. The lowest BCUT2D eigenvalue weighted by atomic mass is 9.93. The summed E-state index contributed by atoms with van der Waals surface area (Å²) >= 11 is 1.50. The summed E-state index contributed by atoms with van der Waals surface area (Å²) in [7, 11) is 0. The lowest BCUT2D eigenvalue weighted by Gasteiger charge is -2.40. The number of ether oxygens (including phenoxy) is 1. The van der Waals surface area contributed by atoms with E-state index in [1.54, 1.807) is 18.2 Å². The summed E-state index contributed by atoms with van der Waals surface area (Å²) in [5.41, 5.74) is 3.35. The fourth-order valence-corrected chi connectivity index (χ4v) is 4.75. The third-order valence-electron chi connectivity index (χ3n) is 6.42. The van der Waals surface area contributed by atoms with Crippen molar-refractivity contribution in [2.75, 3.05) is 18.6 Å². The van der Waals surface area contributed by atoms with E-state index in [9.17, 15) is 35.1 Å². The summed E-state index contributed by atoms with van der Waals surface area (Å²) in [6.45, 7) is 1.52. The van der Waals surface area contributed by atoms with Gasteiger partial charge in [0, 0.05) is 12.1 Å². The molecule has 0 aromatic heterocycles. The van der Waals surface area contributed by atoms with Crippen LogP contribution >= 0.6 is 11.8 Å². The molecule has 0 bridgehead atoms. The number of carboxylic acid groups (broad SMARTS) is 1. The van der Waals surface area contributed by atoms with Crippen LogP contribution in [0.5, 0.6) is 0 Å². The van der Waals surface area contributed by atoms with Crippen LogP contribution in [0.15, 0.2) is 42.5 Å². The average Bonchev–Trinajstić information content (AvgIpc) is 2.88. The molecule has 11 heteroatoms. The Morgan fingerprint density at radius 3 is 2.46 bits per heavy atom. The Labute approximate surface area is 219 Å². The fourth-order valence-electron chi connectivity index (χ4n) is 4.28. The predicted molar refractivity (Wildman–Crippen MR) is 139 cm³/mol. The maximum absolute atomic E-state index is 13.2. The number of aliphatic hydroxyl groups is 4. The van der Waals surface area contributed by atoms with Crippen LogP contribution in [0, 0.1) is 6.92 Å². The van der Waals surface area contributed by atoms with Crippen molar-refractivity contribution in [3.63, 3.8) is 0 Å². The first-order valence-electron chi connectivity index (χ1n) is 11.9. The fraction of sp³-hybridized carbons (Fsp3) is 0.462. The molecular weight excluding hydrogens is 500 g/mol. The summed E-state index contributed by atoms with van der Waals surface area (Å²) < 4.78 is 5.19. The molecule has 0 aliphatic carbocycles. The number of aliphatic hydroxyl groups excluding tert-OH is 4. The van der Waals surface area contributed by atoms with E-state index >= 15 is 0 Å². The summed E-state index contributed by atoms with van der Waals surface area (Å²) in [4.78, 5) is 24.9. The van der Waals surface area contributed by atoms with E-state index in [0.29, 0.717) is 28.9 Å². The number of aliphatic carboxylic acids is 1. The first-order valence-corrected chi connectivity index (χ1v) is 13.3. The lowest BCUT2D eigenvalue weighted by Crippen LogP contribution is -2.63. The van der Waals surface area contributed by atoms with E-state index in [2.05, 4.69) is 10.6 Å². The molecule has 3 rings (SSSR count). The van der Waals surface area contributed by atoms with Gasteiger partial charge in [-0.25, -0.2) is 4.79 Å². The minimum atomic E-state index is -1.45. The van der Waals surface area contributed by atoms with E-state index in [1.165, 1.54) is 11.8 Å². The third-order valence-corrected chi connectivity index (χ3v) is 7.06. The highest BCUT2D eigenvalue weighted by Crippen LogP contribution is 2.29. The molecule has 1 amide bonds. The van der Waals surface area contributed by atoms with Gasteiger partial charge in [0.15, 0.2) is 6.29 Å². The molecule has 10 nitrogen and oxygen atoms in total. The van der Waals surface area contributed by atoms with E-state index < -0.39 is 55.2 Å². The molecule has 0 saturated carbocycles. The Bertz CT molecular complexity index is 1080. The number of rotatable bonds is 11. The van der Waals surface area contributed by atoms with Gasteiger partial charge in [-0.3, -0.25) is 4.79 Å². The van der Waals surface area contributed by atoms with Gasteiger partial charge >= 0.3 is 5.97 Å². The Morgan fingerprint density at radius 1 is 1.08 bits per heavy atom. The molecule has 1 aliphatic heterocycles. The van der Waals surface area contributed by atoms with E-state index in [-0.39, 0.29) is 6.54 Å². The van der Waals surface area contributed by atoms with Crippen molar-refractivity contribution in [3.8, 4) is 11.1 Å². The van der Waals surface area contributed by atoms with Gasteiger partial charge in [-0.1, -0.05) is 30.3 Å². The highest BCUT2D eigenvalue weighted by molar-refractivity contribution is 7.98. The van der Waals surface area contributed by atoms with Crippen LogP contribution in [0.4, 0.5) is 0 Å². The lowest BCUT2D eigenvalue weighted by molar-refractivity contribution is -0.254. The SMILES string of the molecule is CSCC[C@H](NC(=O)c1ccc(CNC2C(O)O[C@H](CO)C(O)C2O)cc1-c1ccccc1C)C(=O)O. The average molecular weight is 535 g/mol. The zero-order valence-electron chi connectivity index (χ0n) is 20.7. The molecule has 1 aliphatic rings. The quantitative estimate of drug-likeness (QED) is 0.215. The van der Waals surface area contributed by atoms with E-state index in [1.807, 2.05) is 37.4 Å². The first kappa shape index (κ1) is 29.1. The van der Waals surface area contributed by atoms with Crippen LogP contribution in [0.25, 0.3) is 11.1 Å². The molecule has 1 heterocycles. The normalized spacial score (nSPS) is 24.4. The van der Waals surface area contributed by atoms with Crippen molar-refractivity contribution in [2.45, 2.75) is 56.6 Å². The molecule has 1 saturated heterocycles. The van der Waals surface area contributed by atoms with E-state index in [4.69, 9.17) is 4.74 Å². The van der Waals surface area contributed by atoms with Crippen LogP contribution in [-0.4, -0.2) is 92.7 Å². The molecule has 4 unspecified atom stereocenters. The van der Waals surface area contributed by atoms with Gasteiger partial charge in [0.25, 0.3) is 5.91 Å². The Balaban J connectivity index is 1.87. The standard InChI is InChI=1S/C26H34N2O8S/c1-14-5-3-4-6-16(14)18-11-15(12-27-21-23(31)22(30)20(13-29)36-26(21)35)7-8-17(18)24(32)28-19(25(33)34)9-10-37-2/h3-8,11,19-23,26-27,29-31,35H,9-10,12-13H2,1-2H3,(H,28,32)(H,33,34)/t19-,20+,21?,22?,23?,26?/m0/s1. The summed E-state index contributed by atoms with van der Waals surface area (Å²) in [5.74, 6) is -1.02. The molecule has 1 fully saturated rings. The summed E-state index contributed by atoms with van der Waals surface area (Å²) in [5, 5.41) is 55.2. The topological polar surface area (TPSA) is 169 Å². The second kappa shape index (κ2) is 13.3. The van der Waals surface area contributed by atoms with Gasteiger partial charge in [-0.05, 0) is 59.7 Å². The number of carbonyl (C=O) groups excluding carboxylic acids is 1. The molecule has 6 atom stereocenters. The summed E-state index contributed by atoms with van der Waals surface area (Å²) in [6, 6.07) is 10.6. The Hall–Kier alpha value is -2.51. The smallest absolute Gasteiger partial charge is 0.326 e. The van der Waals surface area contributed by atoms with Crippen LogP contribution in [0.3, 0.4) is 0 Å². The molecule has 7 N–H and O–H groups in total. The van der Waals surface area contributed by atoms with Gasteiger partial charge < -0.3 is 40.9 Å². The Morgan fingerprint density at radius 2 is 1.81 bits per heavy atom. The largest absolute Gasteiger partial charge is 0.480 e. The van der Waals surface area contributed by atoms with Crippen LogP contribution in [0.1, 0.15) is 27.9 Å². The van der Waals surface area contributed by atoms with Crippen molar-refractivity contribution >= 4 is 23.6 Å².